The van der Waals surface area contributed by atoms with E-state index in [1.165, 1.54) is 5.56 Å². The number of aryl methyl sites for hydroxylation is 1. The van der Waals surface area contributed by atoms with Crippen molar-refractivity contribution in [2.75, 3.05) is 0 Å². The predicted molar refractivity (Wildman–Crippen MR) is 122 cm³/mol. The van der Waals surface area contributed by atoms with Crippen LogP contribution in [0.3, 0.4) is 0 Å². The van der Waals surface area contributed by atoms with Gasteiger partial charge in [-0.25, -0.2) is 0 Å². The number of hydrogen-bond acceptors (Lipinski definition) is 5. The second kappa shape index (κ2) is 13.5. The minimum atomic E-state index is -0.600. The molecule has 0 saturated heterocycles. The highest BCUT2D eigenvalue weighted by atomic mass is 16.5. The van der Waals surface area contributed by atoms with E-state index in [1.54, 1.807) is 6.08 Å². The van der Waals surface area contributed by atoms with E-state index in [0.717, 1.165) is 19.3 Å². The van der Waals surface area contributed by atoms with Crippen molar-refractivity contribution in [2.24, 2.45) is 11.8 Å². The third-order valence-corrected chi connectivity index (χ3v) is 5.74. The van der Waals surface area contributed by atoms with Gasteiger partial charge < -0.3 is 20.1 Å². The summed E-state index contributed by atoms with van der Waals surface area (Å²) >= 11 is 0. The number of aliphatic hydroxyl groups is 3. The van der Waals surface area contributed by atoms with Crippen LogP contribution in [0, 0.1) is 11.8 Å². The van der Waals surface area contributed by atoms with Crippen LogP contribution in [0.5, 0.6) is 0 Å². The zero-order valence-electron chi connectivity index (χ0n) is 18.8. The Balaban J connectivity index is 1.77. The van der Waals surface area contributed by atoms with Crippen molar-refractivity contribution in [1.29, 1.82) is 0 Å². The van der Waals surface area contributed by atoms with Gasteiger partial charge in [-0.15, -0.1) is 0 Å². The van der Waals surface area contributed by atoms with E-state index in [4.69, 9.17) is 4.74 Å². The molecule has 0 bridgehead atoms. The van der Waals surface area contributed by atoms with E-state index in [2.05, 4.69) is 0 Å². The first kappa shape index (κ1) is 25.3. The maximum absolute atomic E-state index is 11.5. The largest absolute Gasteiger partial charge is 0.463 e. The summed E-state index contributed by atoms with van der Waals surface area (Å²) in [5, 5.41) is 31.0. The van der Waals surface area contributed by atoms with Crippen LogP contribution >= 0.6 is 0 Å². The van der Waals surface area contributed by atoms with Crippen LogP contribution in [0.25, 0.3) is 0 Å². The van der Waals surface area contributed by atoms with Crippen molar-refractivity contribution in [3.8, 4) is 0 Å². The Kier molecular flexibility index (Phi) is 11.0. The molecule has 172 valence electrons. The minimum absolute atomic E-state index is 0.0743. The fourth-order valence-corrected chi connectivity index (χ4v) is 4.08. The third-order valence-electron chi connectivity index (χ3n) is 5.74. The molecule has 1 fully saturated rings. The second-order valence-corrected chi connectivity index (χ2v) is 8.73. The van der Waals surface area contributed by atoms with E-state index in [9.17, 15) is 20.1 Å². The lowest BCUT2D eigenvalue weighted by atomic mass is 9.89. The molecule has 1 aromatic rings. The van der Waals surface area contributed by atoms with Crippen molar-refractivity contribution in [3.63, 3.8) is 0 Å². The molecule has 1 aromatic carbocycles. The molecule has 0 amide bonds. The van der Waals surface area contributed by atoms with Crippen molar-refractivity contribution < 1.29 is 24.9 Å². The first-order valence-electron chi connectivity index (χ1n) is 11.5. The molecule has 0 spiro atoms. The number of ether oxygens (including phenoxy) is 1. The highest BCUT2D eigenvalue weighted by molar-refractivity contribution is 5.69. The fraction of sp³-hybridized carbons (Fsp3) is 0.577. The smallest absolute Gasteiger partial charge is 0.306 e. The molecule has 5 nitrogen and oxygen atoms in total. The van der Waals surface area contributed by atoms with Crippen LogP contribution in [-0.4, -0.2) is 45.7 Å². The summed E-state index contributed by atoms with van der Waals surface area (Å²) in [5.41, 5.74) is 1.19. The molecule has 1 aliphatic rings. The number of unbranched alkanes of at least 4 members (excludes halogenated alkanes) is 1. The fourth-order valence-electron chi connectivity index (χ4n) is 4.08. The van der Waals surface area contributed by atoms with Crippen LogP contribution in [0.15, 0.2) is 54.6 Å². The summed E-state index contributed by atoms with van der Waals surface area (Å²) in [7, 11) is 0. The SMILES string of the molecule is CC(C)OC(=O)CCC/C=C/C[C@@H]1[C@@H](/C=C\[C@@H](O)CCc2ccccc2)[C@H](O)C[C@@H]1O. The van der Waals surface area contributed by atoms with Gasteiger partial charge in [0, 0.05) is 18.8 Å². The van der Waals surface area contributed by atoms with Gasteiger partial charge in [0.2, 0.25) is 0 Å². The van der Waals surface area contributed by atoms with Crippen LogP contribution < -0.4 is 0 Å². The number of aliphatic hydroxyl groups excluding tert-OH is 3. The molecule has 0 aliphatic heterocycles. The zero-order chi connectivity index (χ0) is 22.6. The summed E-state index contributed by atoms with van der Waals surface area (Å²) in [4.78, 5) is 11.5. The molecule has 2 rings (SSSR count). The number of carbonyl (C=O) groups excluding carboxylic acids is 1. The topological polar surface area (TPSA) is 87.0 Å². The van der Waals surface area contributed by atoms with E-state index < -0.39 is 18.3 Å². The Labute approximate surface area is 186 Å². The van der Waals surface area contributed by atoms with Gasteiger partial charge in [-0.05, 0) is 57.4 Å². The number of rotatable bonds is 12. The third kappa shape index (κ3) is 9.38. The van der Waals surface area contributed by atoms with Gasteiger partial charge in [0.1, 0.15) is 0 Å². The van der Waals surface area contributed by atoms with E-state index in [1.807, 2.05) is 62.4 Å². The maximum atomic E-state index is 11.5. The number of esters is 1. The van der Waals surface area contributed by atoms with Gasteiger partial charge in [-0.1, -0.05) is 54.6 Å². The van der Waals surface area contributed by atoms with Crippen LogP contribution in [0.4, 0.5) is 0 Å². The monoisotopic (exact) mass is 430 g/mol. The molecular formula is C26H38O5. The predicted octanol–water partition coefficient (Wildman–Crippen LogP) is 3.96. The summed E-state index contributed by atoms with van der Waals surface area (Å²) in [6.45, 7) is 3.68. The number of benzene rings is 1. The average Bonchev–Trinajstić information content (AvgIpc) is 3.00. The van der Waals surface area contributed by atoms with Crippen LogP contribution in [0.1, 0.15) is 57.9 Å². The zero-order valence-corrected chi connectivity index (χ0v) is 18.8. The van der Waals surface area contributed by atoms with E-state index in [-0.39, 0.29) is 23.9 Å². The van der Waals surface area contributed by atoms with Crippen molar-refractivity contribution in [3.05, 3.63) is 60.2 Å². The van der Waals surface area contributed by atoms with Crippen molar-refractivity contribution in [2.45, 2.75) is 83.2 Å². The van der Waals surface area contributed by atoms with Gasteiger partial charge in [-0.2, -0.15) is 0 Å². The molecule has 0 aromatic heterocycles. The summed E-state index contributed by atoms with van der Waals surface area (Å²) in [6, 6.07) is 10.0. The highest BCUT2D eigenvalue weighted by Gasteiger charge is 2.39. The molecule has 31 heavy (non-hydrogen) atoms. The first-order chi connectivity index (χ1) is 14.9. The maximum Gasteiger partial charge on any atom is 0.306 e. The molecule has 0 radical (unpaired) electrons. The van der Waals surface area contributed by atoms with Gasteiger partial charge in [-0.3, -0.25) is 4.79 Å². The van der Waals surface area contributed by atoms with Crippen molar-refractivity contribution >= 4 is 5.97 Å². The molecule has 0 unspecified atom stereocenters. The Hall–Kier alpha value is -1.95. The van der Waals surface area contributed by atoms with Crippen LogP contribution in [-0.2, 0) is 16.0 Å². The highest BCUT2D eigenvalue weighted by Crippen LogP contribution is 2.36. The Morgan fingerprint density at radius 2 is 1.90 bits per heavy atom. The minimum Gasteiger partial charge on any atom is -0.463 e. The van der Waals surface area contributed by atoms with Gasteiger partial charge in [0.05, 0.1) is 24.4 Å². The first-order valence-corrected chi connectivity index (χ1v) is 11.5. The van der Waals surface area contributed by atoms with Gasteiger partial charge in [0.25, 0.3) is 0 Å². The molecular weight excluding hydrogens is 392 g/mol. The average molecular weight is 431 g/mol. The Morgan fingerprint density at radius 3 is 2.61 bits per heavy atom. The molecule has 5 heteroatoms. The lowest BCUT2D eigenvalue weighted by Crippen LogP contribution is -2.20. The quantitative estimate of drug-likeness (QED) is 0.265. The summed E-state index contributed by atoms with van der Waals surface area (Å²) < 4.78 is 5.11. The number of allylic oxidation sites excluding steroid dienone is 2. The normalized spacial score (nSPS) is 25.0. The lowest BCUT2D eigenvalue weighted by Gasteiger charge is -2.19. The van der Waals surface area contributed by atoms with Crippen LogP contribution in [0.2, 0.25) is 0 Å². The molecule has 1 aliphatic carbocycles. The van der Waals surface area contributed by atoms with E-state index in [0.29, 0.717) is 25.7 Å². The lowest BCUT2D eigenvalue weighted by molar-refractivity contribution is -0.147. The number of hydrogen-bond donors (Lipinski definition) is 3. The molecule has 3 N–H and O–H groups in total. The van der Waals surface area contributed by atoms with E-state index >= 15 is 0 Å². The standard InChI is InChI=1S/C26H38O5/c1-19(2)31-26(30)13-9-4-3-8-12-22-23(25(29)18-24(22)28)17-16-21(27)15-14-20-10-6-5-7-11-20/h3,5-8,10-11,16-17,19,21-25,27-29H,4,9,12-15,18H2,1-2H3/b8-3+,17-16-/t21-,22+,23+,24-,25+/m0/s1. The molecule has 0 heterocycles. The Bertz CT molecular complexity index is 697. The Morgan fingerprint density at radius 1 is 1.16 bits per heavy atom. The summed E-state index contributed by atoms with van der Waals surface area (Å²) in [5.74, 6) is -0.421. The summed E-state index contributed by atoms with van der Waals surface area (Å²) in [6.07, 6.45) is 10.2. The van der Waals surface area contributed by atoms with Gasteiger partial charge >= 0.3 is 5.97 Å². The molecule has 1 saturated carbocycles. The molecule has 5 atom stereocenters. The van der Waals surface area contributed by atoms with Gasteiger partial charge in [0.15, 0.2) is 0 Å². The second-order valence-electron chi connectivity index (χ2n) is 8.73. The number of carbonyl (C=O) groups is 1. The van der Waals surface area contributed by atoms with Crippen molar-refractivity contribution in [1.82, 2.24) is 0 Å².